The van der Waals surface area contributed by atoms with E-state index >= 15 is 0 Å². The van der Waals surface area contributed by atoms with Gasteiger partial charge in [-0.2, -0.15) is 0 Å². The molecular weight excluding hydrogens is 1250 g/mol. The zero-order chi connectivity index (χ0) is 69.2. The van der Waals surface area contributed by atoms with Crippen molar-refractivity contribution in [3.8, 4) is 0 Å². The fourth-order valence-electron chi connectivity index (χ4n) is 17.3. The Labute approximate surface area is 545 Å². The van der Waals surface area contributed by atoms with Crippen molar-refractivity contribution in [2.24, 2.45) is 34.0 Å². The van der Waals surface area contributed by atoms with E-state index in [1.165, 1.54) is 0 Å². The quantitative estimate of drug-likeness (QED) is 0.0357. The van der Waals surface area contributed by atoms with Crippen LogP contribution >= 0.6 is 0 Å². The number of fused-ring (bicyclic) bond motifs is 4. The van der Waals surface area contributed by atoms with E-state index in [0.717, 1.165) is 25.0 Å². The Balaban J connectivity index is 1.00. The first kappa shape index (κ1) is 75.5. The molecule has 0 radical (unpaired) electrons. The first-order valence-electron chi connectivity index (χ1n) is 32.9. The van der Waals surface area contributed by atoms with E-state index in [-0.39, 0.29) is 41.5 Å². The van der Waals surface area contributed by atoms with Gasteiger partial charge in [-0.1, -0.05) is 34.6 Å². The van der Waals surface area contributed by atoms with Crippen molar-refractivity contribution in [3.63, 3.8) is 0 Å². The minimum Gasteiger partial charge on any atom is -0.394 e. The molecule has 4 aliphatic carbocycles. The van der Waals surface area contributed by atoms with Crippen molar-refractivity contribution in [1.82, 2.24) is 10.6 Å². The molecule has 31 nitrogen and oxygen atoms in total. The van der Waals surface area contributed by atoms with Crippen molar-refractivity contribution in [1.29, 1.82) is 0 Å². The molecule has 0 spiro atoms. The highest BCUT2D eigenvalue weighted by molar-refractivity contribution is 5.79. The number of methoxy groups -OCH3 is 1. The third-order valence-electron chi connectivity index (χ3n) is 22.3. The van der Waals surface area contributed by atoms with Crippen LogP contribution in [0.2, 0.25) is 0 Å². The summed E-state index contributed by atoms with van der Waals surface area (Å²) >= 11 is 0. The monoisotopic (exact) mass is 1350 g/mol. The lowest BCUT2D eigenvalue weighted by atomic mass is 9.42. The van der Waals surface area contributed by atoms with E-state index in [2.05, 4.69) is 31.4 Å². The van der Waals surface area contributed by atoms with Gasteiger partial charge in [-0.25, -0.2) is 0 Å². The highest BCUT2D eigenvalue weighted by atomic mass is 16.8. The number of aliphatic hydroxyl groups excluding tert-OH is 13. The fraction of sp³-hybridized carbons (Fsp3) is 0.921. The van der Waals surface area contributed by atoms with E-state index in [9.17, 15) is 91.0 Å². The molecular formula is C63H104N2O29. The molecule has 9 aliphatic rings. The topological polar surface area (TPSA) is 480 Å². The Morgan fingerprint density at radius 2 is 1.15 bits per heavy atom. The van der Waals surface area contributed by atoms with Crippen LogP contribution in [0, 0.1) is 34.0 Å². The SMILES string of the molecule is CO[C@@H]1C[C@H](C(C)CC(=O)CC(C)(C)O)[C@@]2(C)CC[C@@]3(O)C(=C12)CC[C@H]1C(C)(C)[C@@H](O[C@@H]2OC[C@@H](O[C@@H]4OC(CO)[C@H](O)C(O)C4NC(C)=O)C(O)C2O[C@@H]2OC(CO[C@@H]4OC(CO)[C@@H](O)C(O)C4O[C@@H]4OC(CO)[C@@H](O)C(O)C4O)[C@@H](O)C(O)C2NC(C)=O)CC[C@@]13C. The van der Waals surface area contributed by atoms with Gasteiger partial charge < -0.3 is 139 Å². The van der Waals surface area contributed by atoms with Gasteiger partial charge in [-0.3, -0.25) is 14.4 Å². The Hall–Kier alpha value is -2.69. The lowest BCUT2D eigenvalue weighted by Crippen LogP contribution is -2.69. The molecule has 32 atom stereocenters. The summed E-state index contributed by atoms with van der Waals surface area (Å²) in [5.74, 6) is -1.64. The molecule has 0 aromatic carbocycles. The summed E-state index contributed by atoms with van der Waals surface area (Å²) in [5.41, 5.74) is -2.29. The number of aliphatic hydroxyl groups is 15. The third kappa shape index (κ3) is 14.5. The number of ether oxygens (including phenoxy) is 11. The maximum Gasteiger partial charge on any atom is 0.217 e. The van der Waals surface area contributed by atoms with Crippen LogP contribution in [0.1, 0.15) is 120 Å². The Bertz CT molecular complexity index is 2630. The Kier molecular flexibility index (Phi) is 23.7. The summed E-state index contributed by atoms with van der Waals surface area (Å²) in [6.45, 7) is 12.1. The molecule has 5 saturated heterocycles. The van der Waals surface area contributed by atoms with Crippen molar-refractivity contribution in [3.05, 3.63) is 11.1 Å². The van der Waals surface area contributed by atoms with E-state index in [0.29, 0.717) is 51.4 Å². The highest BCUT2D eigenvalue weighted by Gasteiger charge is 2.68. The first-order chi connectivity index (χ1) is 44.0. The molecule has 31 heteroatoms. The van der Waals surface area contributed by atoms with Gasteiger partial charge in [0.05, 0.1) is 56.4 Å². The summed E-state index contributed by atoms with van der Waals surface area (Å²) in [6, 6.07) is -3.15. The predicted molar refractivity (Wildman–Crippen MR) is 318 cm³/mol. The van der Waals surface area contributed by atoms with Gasteiger partial charge in [0, 0.05) is 39.2 Å². The largest absolute Gasteiger partial charge is 0.394 e. The number of carbonyl (C=O) groups is 3. The van der Waals surface area contributed by atoms with Crippen LogP contribution in [0.5, 0.6) is 0 Å². The number of hydrogen-bond donors (Lipinski definition) is 17. The van der Waals surface area contributed by atoms with Crippen LogP contribution < -0.4 is 10.6 Å². The zero-order valence-corrected chi connectivity index (χ0v) is 55.1. The van der Waals surface area contributed by atoms with Crippen molar-refractivity contribution >= 4 is 17.6 Å². The molecule has 8 fully saturated rings. The third-order valence-corrected chi connectivity index (χ3v) is 22.3. The van der Waals surface area contributed by atoms with Crippen molar-refractivity contribution < 1.29 is 143 Å². The summed E-state index contributed by atoms with van der Waals surface area (Å²) in [5, 5.41) is 172. The molecule has 0 bridgehead atoms. The Morgan fingerprint density at radius 1 is 0.628 bits per heavy atom. The maximum atomic E-state index is 13.6. The molecule has 540 valence electrons. The van der Waals surface area contributed by atoms with Gasteiger partial charge in [-0.15, -0.1) is 0 Å². The summed E-state index contributed by atoms with van der Waals surface area (Å²) in [7, 11) is 1.67. The zero-order valence-electron chi connectivity index (χ0n) is 55.1. The second-order valence-electron chi connectivity index (χ2n) is 29.4. The molecule has 9 rings (SSSR count). The molecule has 5 aliphatic heterocycles. The highest BCUT2D eigenvalue weighted by Crippen LogP contribution is 2.70. The number of rotatable bonds is 22. The van der Waals surface area contributed by atoms with E-state index in [1.54, 1.807) is 21.0 Å². The number of nitrogens with one attached hydrogen (secondary N) is 2. The lowest BCUT2D eigenvalue weighted by molar-refractivity contribution is -0.380. The number of hydrogen-bond acceptors (Lipinski definition) is 29. The molecule has 2 amide bonds. The molecule has 15 unspecified atom stereocenters. The average Bonchev–Trinajstić information content (AvgIpc) is 1.20. The van der Waals surface area contributed by atoms with E-state index in [1.807, 2.05) is 13.8 Å². The van der Waals surface area contributed by atoms with Gasteiger partial charge in [0.15, 0.2) is 31.5 Å². The predicted octanol–water partition coefficient (Wildman–Crippen LogP) is -4.75. The van der Waals surface area contributed by atoms with Crippen LogP contribution in [0.25, 0.3) is 0 Å². The standard InChI is InChI=1S/C63H104N2O29/c1-25(17-28(71)19-59(4,5)82)30-18-31(84-10)39-29-11-12-37-60(6,7)38(13-14-62(37,9)63(29,83)16-15-61(30,39)8)92-58-52(46(76)36(24-86-58)91-54-40(64-26(2)69)47(77)42(72)32(20-66)87-54)93-55-41(65-27(3)70)48(78)45(75)35(90-55)23-85-57-53(50(80)44(74)34(22-68)89-57)94-56-51(81)49(79)43(73)33(21-67)88-56/h25,30-38,40-58,66-68,72-83H,11-24H2,1-10H3,(H,64,69)(H,65,70)/t25?,30-,31-,32?,33?,34?,35?,36-,37+,38+,40?,41?,42+,43-,44-,45-,46?,47?,48?,49?,50?,51?,52?,53?,54+,55+,56+,57-,58+,61-,62+,63-/m1/s1. The Morgan fingerprint density at radius 3 is 1.72 bits per heavy atom. The van der Waals surface area contributed by atoms with Crippen LogP contribution in [0.15, 0.2) is 11.1 Å². The minimum atomic E-state index is -2.01. The molecule has 0 aromatic rings. The van der Waals surface area contributed by atoms with Crippen LogP contribution in [-0.2, 0) is 66.5 Å². The summed E-state index contributed by atoms with van der Waals surface area (Å²) < 4.78 is 68.0. The molecule has 0 aromatic heterocycles. The first-order valence-corrected chi connectivity index (χ1v) is 32.9. The number of Topliss-reactive ketones (excluding diaryl/α,β-unsaturated/α-hetero) is 1. The number of ketones is 1. The molecule has 94 heavy (non-hydrogen) atoms. The average molecular weight is 1350 g/mol. The van der Waals surface area contributed by atoms with Gasteiger partial charge in [0.25, 0.3) is 0 Å². The van der Waals surface area contributed by atoms with Crippen LogP contribution in [0.3, 0.4) is 0 Å². The summed E-state index contributed by atoms with van der Waals surface area (Å²) in [4.78, 5) is 38.7. The number of amides is 2. The van der Waals surface area contributed by atoms with Gasteiger partial charge >= 0.3 is 0 Å². The van der Waals surface area contributed by atoms with E-state index in [4.69, 9.17) is 52.1 Å². The van der Waals surface area contributed by atoms with Crippen LogP contribution in [0.4, 0.5) is 0 Å². The lowest BCUT2D eigenvalue weighted by Gasteiger charge is -2.65. The molecule has 3 saturated carbocycles. The summed E-state index contributed by atoms with van der Waals surface area (Å²) in [6.07, 6.45) is -36.3. The van der Waals surface area contributed by atoms with Gasteiger partial charge in [-0.05, 0) is 98.5 Å². The van der Waals surface area contributed by atoms with Crippen molar-refractivity contribution in [2.45, 2.75) is 291 Å². The molecule has 5 heterocycles. The van der Waals surface area contributed by atoms with Crippen molar-refractivity contribution in [2.75, 3.05) is 40.1 Å². The molecule has 17 N–H and O–H groups in total. The smallest absolute Gasteiger partial charge is 0.217 e. The second kappa shape index (κ2) is 29.5. The van der Waals surface area contributed by atoms with Gasteiger partial charge in [0.1, 0.15) is 122 Å². The van der Waals surface area contributed by atoms with Crippen LogP contribution in [-0.4, -0.2) is 305 Å². The number of carbonyl (C=O) groups excluding carboxylic acids is 3. The maximum absolute atomic E-state index is 13.6. The second-order valence-corrected chi connectivity index (χ2v) is 29.4. The van der Waals surface area contributed by atoms with Gasteiger partial charge in [0.2, 0.25) is 11.8 Å². The fourth-order valence-corrected chi connectivity index (χ4v) is 17.3. The van der Waals surface area contributed by atoms with E-state index < -0.39 is 220 Å². The normalized spacial score (nSPS) is 47.6. The minimum absolute atomic E-state index is 0.0209.